The van der Waals surface area contributed by atoms with Crippen molar-refractivity contribution in [2.45, 2.75) is 45.6 Å². The van der Waals surface area contributed by atoms with Crippen LogP contribution in [-0.2, 0) is 9.53 Å². The normalized spacial score (nSPS) is 15.6. The first kappa shape index (κ1) is 19.1. The van der Waals surface area contributed by atoms with Gasteiger partial charge in [0, 0.05) is 31.1 Å². The molecule has 27 heavy (non-hydrogen) atoms. The van der Waals surface area contributed by atoms with Crippen molar-refractivity contribution in [3.8, 4) is 0 Å². The highest BCUT2D eigenvalue weighted by Gasteiger charge is 2.27. The second-order valence-corrected chi connectivity index (χ2v) is 8.04. The summed E-state index contributed by atoms with van der Waals surface area (Å²) in [6.45, 7) is 6.85. The van der Waals surface area contributed by atoms with Crippen LogP contribution in [0.1, 0.15) is 40.0 Å². The van der Waals surface area contributed by atoms with Gasteiger partial charge in [0.2, 0.25) is 5.91 Å². The number of nitrogens with one attached hydrogen (secondary N) is 1. The third-order valence-corrected chi connectivity index (χ3v) is 4.65. The number of benzene rings is 1. The molecule has 2 amide bonds. The average Bonchev–Trinajstić information content (AvgIpc) is 2.61. The van der Waals surface area contributed by atoms with E-state index in [2.05, 4.69) is 10.3 Å². The lowest BCUT2D eigenvalue weighted by Gasteiger charge is -2.33. The van der Waals surface area contributed by atoms with Gasteiger partial charge < -0.3 is 15.0 Å². The van der Waals surface area contributed by atoms with Crippen molar-refractivity contribution in [1.29, 1.82) is 0 Å². The molecule has 2 heterocycles. The van der Waals surface area contributed by atoms with Crippen molar-refractivity contribution < 1.29 is 14.3 Å². The van der Waals surface area contributed by atoms with Gasteiger partial charge in [-0.2, -0.15) is 0 Å². The molecule has 3 rings (SSSR count). The highest BCUT2D eigenvalue weighted by molar-refractivity contribution is 6.00. The molecule has 1 aliphatic heterocycles. The fourth-order valence-corrected chi connectivity index (χ4v) is 3.31. The molecule has 0 atom stereocenters. The number of amides is 2. The molecule has 1 aliphatic rings. The molecule has 0 radical (unpaired) electrons. The second kappa shape index (κ2) is 7.94. The lowest BCUT2D eigenvalue weighted by atomic mass is 9.93. The lowest BCUT2D eigenvalue weighted by Crippen LogP contribution is -2.42. The van der Waals surface area contributed by atoms with Gasteiger partial charge in [0.05, 0.1) is 11.2 Å². The Labute approximate surface area is 159 Å². The molecule has 1 aromatic heterocycles. The zero-order chi connectivity index (χ0) is 19.4. The number of piperidine rings is 1. The summed E-state index contributed by atoms with van der Waals surface area (Å²) in [7, 11) is 0. The van der Waals surface area contributed by atoms with Crippen molar-refractivity contribution in [1.82, 2.24) is 9.88 Å². The van der Waals surface area contributed by atoms with E-state index in [9.17, 15) is 9.59 Å². The van der Waals surface area contributed by atoms with Crippen LogP contribution >= 0.6 is 0 Å². The molecular formula is C21H27N3O3. The summed E-state index contributed by atoms with van der Waals surface area (Å²) in [5.41, 5.74) is 1.05. The number of rotatable bonds is 3. The third-order valence-electron chi connectivity index (χ3n) is 4.65. The van der Waals surface area contributed by atoms with Crippen molar-refractivity contribution in [3.63, 3.8) is 0 Å². The minimum atomic E-state index is -0.486. The number of carbonyl (C=O) groups excluding carboxylic acids is 2. The molecular weight excluding hydrogens is 342 g/mol. The van der Waals surface area contributed by atoms with E-state index in [-0.39, 0.29) is 17.9 Å². The number of fused-ring (bicyclic) bond motifs is 1. The Hall–Kier alpha value is -2.63. The van der Waals surface area contributed by atoms with E-state index in [0.29, 0.717) is 19.5 Å². The van der Waals surface area contributed by atoms with Crippen LogP contribution in [0.25, 0.3) is 10.9 Å². The van der Waals surface area contributed by atoms with Gasteiger partial charge in [0.25, 0.3) is 0 Å². The predicted octanol–water partition coefficient (Wildman–Crippen LogP) is 4.21. The fourth-order valence-electron chi connectivity index (χ4n) is 3.31. The van der Waals surface area contributed by atoms with Gasteiger partial charge in [-0.15, -0.1) is 0 Å². The monoisotopic (exact) mass is 369 g/mol. The average molecular weight is 369 g/mol. The number of nitrogens with zero attached hydrogens (tertiary/aromatic N) is 2. The summed E-state index contributed by atoms with van der Waals surface area (Å²) in [4.78, 5) is 30.7. The lowest BCUT2D eigenvalue weighted by molar-refractivity contribution is -0.117. The number of hydrogen-bond acceptors (Lipinski definition) is 4. The van der Waals surface area contributed by atoms with Gasteiger partial charge in [-0.3, -0.25) is 9.78 Å². The molecule has 1 N–H and O–H groups in total. The molecule has 1 fully saturated rings. The molecule has 0 spiro atoms. The van der Waals surface area contributed by atoms with Gasteiger partial charge in [0.1, 0.15) is 5.60 Å². The van der Waals surface area contributed by atoms with Crippen molar-refractivity contribution in [2.24, 2.45) is 5.92 Å². The molecule has 6 heteroatoms. The maximum Gasteiger partial charge on any atom is 0.410 e. The second-order valence-electron chi connectivity index (χ2n) is 8.04. The van der Waals surface area contributed by atoms with Crippen LogP contribution in [0.4, 0.5) is 10.5 Å². The summed E-state index contributed by atoms with van der Waals surface area (Å²) in [6.07, 6.45) is 3.52. The SMILES string of the molecule is CC(C)(C)OC(=O)N1CCC(CC(=O)Nc2cccc3cccnc23)CC1. The molecule has 0 unspecified atom stereocenters. The molecule has 6 nitrogen and oxygen atoms in total. The Balaban J connectivity index is 1.52. The number of para-hydroxylation sites is 1. The number of anilines is 1. The van der Waals surface area contributed by atoms with E-state index < -0.39 is 5.60 Å². The van der Waals surface area contributed by atoms with Crippen LogP contribution < -0.4 is 5.32 Å². The molecule has 1 aromatic carbocycles. The van der Waals surface area contributed by atoms with Gasteiger partial charge in [-0.05, 0) is 51.7 Å². The molecule has 2 aromatic rings. The van der Waals surface area contributed by atoms with Crippen LogP contribution in [0, 0.1) is 5.92 Å². The molecule has 0 aliphatic carbocycles. The summed E-state index contributed by atoms with van der Waals surface area (Å²) in [5, 5.41) is 3.99. The number of ether oxygens (including phenoxy) is 1. The first-order valence-electron chi connectivity index (χ1n) is 9.43. The van der Waals surface area contributed by atoms with E-state index in [1.165, 1.54) is 0 Å². The largest absolute Gasteiger partial charge is 0.444 e. The van der Waals surface area contributed by atoms with E-state index >= 15 is 0 Å². The van der Waals surface area contributed by atoms with Crippen LogP contribution in [0.15, 0.2) is 36.5 Å². The quantitative estimate of drug-likeness (QED) is 0.880. The number of likely N-dealkylation sites (tertiary alicyclic amines) is 1. The maximum absolute atomic E-state index is 12.5. The van der Waals surface area contributed by atoms with E-state index in [4.69, 9.17) is 4.74 Å². The standard InChI is InChI=1S/C21H27N3O3/c1-21(2,3)27-20(26)24-12-9-15(10-13-24)14-18(25)23-17-8-4-6-16-7-5-11-22-19(16)17/h4-8,11,15H,9-10,12-14H2,1-3H3,(H,23,25). The Bertz CT molecular complexity index is 816. The van der Waals surface area contributed by atoms with Crippen LogP contribution in [-0.4, -0.2) is 40.6 Å². The summed E-state index contributed by atoms with van der Waals surface area (Å²) >= 11 is 0. The van der Waals surface area contributed by atoms with Gasteiger partial charge in [0.15, 0.2) is 0 Å². The fraction of sp³-hybridized carbons (Fsp3) is 0.476. The summed E-state index contributed by atoms with van der Waals surface area (Å²) < 4.78 is 5.41. The minimum Gasteiger partial charge on any atom is -0.444 e. The smallest absolute Gasteiger partial charge is 0.410 e. The predicted molar refractivity (Wildman–Crippen MR) is 106 cm³/mol. The third kappa shape index (κ3) is 5.18. The number of hydrogen-bond donors (Lipinski definition) is 1. The first-order chi connectivity index (χ1) is 12.8. The van der Waals surface area contributed by atoms with E-state index in [0.717, 1.165) is 29.4 Å². The zero-order valence-corrected chi connectivity index (χ0v) is 16.2. The van der Waals surface area contributed by atoms with Gasteiger partial charge in [-0.1, -0.05) is 18.2 Å². The Morgan fingerprint density at radius 3 is 2.59 bits per heavy atom. The Kier molecular flexibility index (Phi) is 5.63. The number of pyridine rings is 1. The van der Waals surface area contributed by atoms with Crippen LogP contribution in [0.5, 0.6) is 0 Å². The Morgan fingerprint density at radius 2 is 1.89 bits per heavy atom. The highest BCUT2D eigenvalue weighted by Crippen LogP contribution is 2.24. The van der Waals surface area contributed by atoms with Gasteiger partial charge in [-0.25, -0.2) is 4.79 Å². The first-order valence-corrected chi connectivity index (χ1v) is 9.43. The highest BCUT2D eigenvalue weighted by atomic mass is 16.6. The molecule has 144 valence electrons. The zero-order valence-electron chi connectivity index (χ0n) is 16.2. The molecule has 0 bridgehead atoms. The topological polar surface area (TPSA) is 71.5 Å². The number of aromatic nitrogens is 1. The van der Waals surface area contributed by atoms with E-state index in [1.54, 1.807) is 11.1 Å². The van der Waals surface area contributed by atoms with Crippen LogP contribution in [0.3, 0.4) is 0 Å². The molecule has 0 saturated carbocycles. The molecule has 1 saturated heterocycles. The van der Waals surface area contributed by atoms with E-state index in [1.807, 2.05) is 51.1 Å². The Morgan fingerprint density at radius 1 is 1.19 bits per heavy atom. The number of carbonyl (C=O) groups is 2. The summed E-state index contributed by atoms with van der Waals surface area (Å²) in [5.74, 6) is 0.260. The minimum absolute atomic E-state index is 0.0103. The summed E-state index contributed by atoms with van der Waals surface area (Å²) in [6, 6.07) is 9.62. The maximum atomic E-state index is 12.5. The van der Waals surface area contributed by atoms with Crippen molar-refractivity contribution in [2.75, 3.05) is 18.4 Å². The van der Waals surface area contributed by atoms with Crippen molar-refractivity contribution >= 4 is 28.6 Å². The van der Waals surface area contributed by atoms with Crippen LogP contribution in [0.2, 0.25) is 0 Å². The van der Waals surface area contributed by atoms with Gasteiger partial charge >= 0.3 is 6.09 Å². The van der Waals surface area contributed by atoms with Crippen molar-refractivity contribution in [3.05, 3.63) is 36.5 Å².